The van der Waals surface area contributed by atoms with Crippen LogP contribution in [0.2, 0.25) is 0 Å². The van der Waals surface area contributed by atoms with Crippen LogP contribution in [0.25, 0.3) is 6.08 Å². The summed E-state index contributed by atoms with van der Waals surface area (Å²) in [5.41, 5.74) is 0.964. The van der Waals surface area contributed by atoms with Crippen molar-refractivity contribution < 1.29 is 49.6 Å². The predicted octanol–water partition coefficient (Wildman–Crippen LogP) is -2.02. The second-order valence-corrected chi connectivity index (χ2v) is 7.20. The Hall–Kier alpha value is -1.44. The molecule has 10 nitrogen and oxygen atoms in total. The maximum Gasteiger partial charge on any atom is 0.187 e. The van der Waals surface area contributed by atoms with Gasteiger partial charge in [-0.2, -0.15) is 0 Å². The number of aliphatic hydroxyl groups is 6. The Morgan fingerprint density at radius 2 is 1.37 bits per heavy atom. The highest BCUT2D eigenvalue weighted by Crippen LogP contribution is 2.26. The van der Waals surface area contributed by atoms with Gasteiger partial charge in [0.15, 0.2) is 12.6 Å². The Labute approximate surface area is 173 Å². The predicted molar refractivity (Wildman–Crippen MR) is 102 cm³/mol. The Morgan fingerprint density at radius 3 is 2.03 bits per heavy atom. The molecule has 0 spiro atoms. The first-order valence-electron chi connectivity index (χ1n) is 9.69. The first-order chi connectivity index (χ1) is 14.4. The van der Waals surface area contributed by atoms with Crippen LogP contribution in [0.15, 0.2) is 36.4 Å². The van der Waals surface area contributed by atoms with Gasteiger partial charge < -0.3 is 49.6 Å². The van der Waals surface area contributed by atoms with Gasteiger partial charge in [0.25, 0.3) is 0 Å². The molecule has 1 aromatic carbocycles. The molecule has 0 radical (unpaired) electrons. The molecule has 2 aliphatic rings. The van der Waals surface area contributed by atoms with Crippen LogP contribution in [0.4, 0.5) is 0 Å². The van der Waals surface area contributed by atoms with Crippen molar-refractivity contribution in [3.05, 3.63) is 42.0 Å². The van der Waals surface area contributed by atoms with E-state index in [0.29, 0.717) is 0 Å². The largest absolute Gasteiger partial charge is 0.394 e. The first kappa shape index (κ1) is 23.2. The van der Waals surface area contributed by atoms with Crippen molar-refractivity contribution in [2.24, 2.45) is 0 Å². The van der Waals surface area contributed by atoms with E-state index in [1.54, 1.807) is 6.08 Å². The summed E-state index contributed by atoms with van der Waals surface area (Å²) in [5, 5.41) is 59.1. The number of ether oxygens (including phenoxy) is 4. The van der Waals surface area contributed by atoms with Gasteiger partial charge in [-0.15, -0.1) is 0 Å². The Bertz CT molecular complexity index is 671. The lowest BCUT2D eigenvalue weighted by Crippen LogP contribution is -2.59. The second-order valence-electron chi connectivity index (χ2n) is 7.20. The maximum atomic E-state index is 10.2. The molecule has 2 heterocycles. The zero-order valence-electron chi connectivity index (χ0n) is 16.2. The van der Waals surface area contributed by atoms with Gasteiger partial charge in [-0.25, -0.2) is 0 Å². The minimum Gasteiger partial charge on any atom is -0.394 e. The van der Waals surface area contributed by atoms with Gasteiger partial charge >= 0.3 is 0 Å². The molecule has 2 aliphatic heterocycles. The lowest BCUT2D eigenvalue weighted by molar-refractivity contribution is -0.307. The van der Waals surface area contributed by atoms with Gasteiger partial charge in [0.2, 0.25) is 0 Å². The zero-order chi connectivity index (χ0) is 21.7. The van der Waals surface area contributed by atoms with E-state index in [0.717, 1.165) is 5.56 Å². The van der Waals surface area contributed by atoms with E-state index in [-0.39, 0.29) is 13.2 Å². The van der Waals surface area contributed by atoms with E-state index in [1.165, 1.54) is 0 Å². The van der Waals surface area contributed by atoms with Crippen LogP contribution in [0.1, 0.15) is 5.56 Å². The van der Waals surface area contributed by atoms with Crippen LogP contribution in [0.3, 0.4) is 0 Å². The molecule has 0 saturated carbocycles. The molecule has 0 bridgehead atoms. The fourth-order valence-corrected chi connectivity index (χ4v) is 3.28. The molecule has 30 heavy (non-hydrogen) atoms. The summed E-state index contributed by atoms with van der Waals surface area (Å²) in [6.07, 6.45) is -8.23. The number of hydrogen-bond acceptors (Lipinski definition) is 10. The molecular formula is C20H28O10. The van der Waals surface area contributed by atoms with Crippen molar-refractivity contribution in [3.8, 4) is 0 Å². The standard InChI is InChI=1S/C20H28O10/c21-9-12-14(22)17(25)20(29-12)28-10-13-15(23)16(24)18(26)19(30-13)27-8-4-7-11-5-2-1-3-6-11/h1-7,12-26H,8-10H2/b7-4+/t12-,13+,14-,15+,16-,17+,18+,19+,20?/m0/s1. The van der Waals surface area contributed by atoms with E-state index >= 15 is 0 Å². The fourth-order valence-electron chi connectivity index (χ4n) is 3.28. The molecule has 2 fully saturated rings. The first-order valence-corrected chi connectivity index (χ1v) is 9.69. The molecule has 1 aromatic rings. The number of aliphatic hydroxyl groups excluding tert-OH is 6. The summed E-state index contributed by atoms with van der Waals surface area (Å²) in [7, 11) is 0. The molecule has 10 heteroatoms. The van der Waals surface area contributed by atoms with Crippen molar-refractivity contribution in [2.45, 2.75) is 55.3 Å². The van der Waals surface area contributed by atoms with Crippen LogP contribution in [0, 0.1) is 0 Å². The molecule has 3 rings (SSSR count). The molecule has 9 atom stereocenters. The van der Waals surface area contributed by atoms with Crippen LogP contribution in [-0.4, -0.2) is 106 Å². The lowest BCUT2D eigenvalue weighted by atomic mass is 9.99. The van der Waals surface area contributed by atoms with Crippen LogP contribution < -0.4 is 0 Å². The molecule has 1 unspecified atom stereocenters. The maximum absolute atomic E-state index is 10.2. The van der Waals surface area contributed by atoms with Gasteiger partial charge in [-0.3, -0.25) is 0 Å². The third-order valence-corrected chi connectivity index (χ3v) is 5.06. The van der Waals surface area contributed by atoms with E-state index in [9.17, 15) is 25.5 Å². The lowest BCUT2D eigenvalue weighted by Gasteiger charge is -2.40. The molecule has 0 aliphatic carbocycles. The Morgan fingerprint density at radius 1 is 0.767 bits per heavy atom. The van der Waals surface area contributed by atoms with Crippen molar-refractivity contribution in [2.75, 3.05) is 19.8 Å². The highest BCUT2D eigenvalue weighted by Gasteiger charge is 2.47. The van der Waals surface area contributed by atoms with E-state index in [4.69, 9.17) is 24.1 Å². The molecule has 168 valence electrons. The average Bonchev–Trinajstić information content (AvgIpc) is 3.04. The van der Waals surface area contributed by atoms with Crippen LogP contribution >= 0.6 is 0 Å². The minimum absolute atomic E-state index is 0.0852. The Kier molecular flexibility index (Phi) is 8.31. The average molecular weight is 428 g/mol. The van der Waals surface area contributed by atoms with Crippen LogP contribution in [0.5, 0.6) is 0 Å². The molecule has 0 amide bonds. The van der Waals surface area contributed by atoms with Crippen LogP contribution in [-0.2, 0) is 18.9 Å². The minimum atomic E-state index is -1.54. The molecule has 6 N–H and O–H groups in total. The highest BCUT2D eigenvalue weighted by molar-refractivity contribution is 5.48. The van der Waals surface area contributed by atoms with E-state index < -0.39 is 61.9 Å². The topological polar surface area (TPSA) is 158 Å². The zero-order valence-corrected chi connectivity index (χ0v) is 16.2. The van der Waals surface area contributed by atoms with E-state index in [1.807, 2.05) is 36.4 Å². The second kappa shape index (κ2) is 10.7. The fraction of sp³-hybridized carbons (Fsp3) is 0.600. The smallest absolute Gasteiger partial charge is 0.187 e. The quantitative estimate of drug-likeness (QED) is 0.273. The summed E-state index contributed by atoms with van der Waals surface area (Å²) < 4.78 is 21.5. The van der Waals surface area contributed by atoms with Crippen molar-refractivity contribution >= 4 is 6.08 Å². The van der Waals surface area contributed by atoms with Gasteiger partial charge in [0, 0.05) is 0 Å². The number of hydrogen-bond donors (Lipinski definition) is 6. The highest BCUT2D eigenvalue weighted by atomic mass is 16.7. The van der Waals surface area contributed by atoms with Crippen molar-refractivity contribution in [1.29, 1.82) is 0 Å². The summed E-state index contributed by atoms with van der Waals surface area (Å²) in [4.78, 5) is 0. The third kappa shape index (κ3) is 5.42. The van der Waals surface area contributed by atoms with Gasteiger partial charge in [-0.05, 0) is 5.56 Å². The normalized spacial score (nSPS) is 39.6. The molecule has 2 saturated heterocycles. The third-order valence-electron chi connectivity index (χ3n) is 5.06. The van der Waals surface area contributed by atoms with Gasteiger partial charge in [0.1, 0.15) is 42.7 Å². The Balaban J connectivity index is 1.52. The summed E-state index contributed by atoms with van der Waals surface area (Å²) in [6.45, 7) is -0.739. The van der Waals surface area contributed by atoms with Gasteiger partial charge in [0.05, 0.1) is 19.8 Å². The van der Waals surface area contributed by atoms with E-state index in [2.05, 4.69) is 0 Å². The summed E-state index contributed by atoms with van der Waals surface area (Å²) >= 11 is 0. The van der Waals surface area contributed by atoms with Crippen molar-refractivity contribution in [3.63, 3.8) is 0 Å². The summed E-state index contributed by atoms with van der Waals surface area (Å²) in [6, 6.07) is 9.50. The molecule has 0 aromatic heterocycles. The molecular weight excluding hydrogens is 400 g/mol. The number of rotatable bonds is 8. The summed E-state index contributed by atoms with van der Waals surface area (Å²) in [5.74, 6) is 0. The van der Waals surface area contributed by atoms with Crippen molar-refractivity contribution in [1.82, 2.24) is 0 Å². The number of benzene rings is 1. The monoisotopic (exact) mass is 428 g/mol. The van der Waals surface area contributed by atoms with Gasteiger partial charge in [-0.1, -0.05) is 42.5 Å². The SMILES string of the molecule is OC[C@@H]1OC(OC[C@H]2O[C@@H](OC/C=C/c3ccccc3)[C@H](O)[C@@H](O)[C@@H]2O)[C@H](O)[C@H]1O.